The summed E-state index contributed by atoms with van der Waals surface area (Å²) in [6.45, 7) is 0.975. The molecule has 0 bridgehead atoms. The molecule has 0 radical (unpaired) electrons. The Balaban J connectivity index is 1.82. The molecule has 0 spiro atoms. The molecule has 0 aromatic heterocycles. The first-order valence-corrected chi connectivity index (χ1v) is 5.24. The van der Waals surface area contributed by atoms with Crippen LogP contribution in [0.2, 0.25) is 0 Å². The molecule has 1 unspecified atom stereocenters. The summed E-state index contributed by atoms with van der Waals surface area (Å²) in [5.41, 5.74) is 0.190. The monoisotopic (exact) mass is 178 g/mol. The van der Waals surface area contributed by atoms with E-state index in [1.165, 1.54) is 6.42 Å². The Hall–Kier alpha value is -0.340. The molecule has 0 amide bonds. The topological polar surface area (TPSA) is 18.5 Å². The first-order chi connectivity index (χ1) is 6.39. The smallest absolute Gasteiger partial charge is 0.0871 e. The van der Waals surface area contributed by atoms with E-state index in [9.17, 15) is 0 Å². The quantitative estimate of drug-likeness (QED) is 0.562. The average Bonchev–Trinajstić information content (AvgIpc) is 2.56. The molecule has 0 N–H and O–H groups in total. The highest BCUT2D eigenvalue weighted by atomic mass is 16.5. The standard InChI is InChI=1S/C11H14O2/c1-12-11-7-2-3-8(11)9(11)10-6(7)4-5-13-10/h2-3,6-10H,4-5H2,1H3/t6-,7-,8+,9+,10-,11?/m0/s1. The molecule has 3 aliphatic carbocycles. The number of ether oxygens (including phenoxy) is 2. The van der Waals surface area contributed by atoms with Gasteiger partial charge in [-0.2, -0.15) is 0 Å². The normalized spacial score (nSPS) is 65.5. The second kappa shape index (κ2) is 1.86. The Morgan fingerprint density at radius 3 is 3.08 bits per heavy atom. The van der Waals surface area contributed by atoms with Gasteiger partial charge < -0.3 is 9.47 Å². The van der Waals surface area contributed by atoms with Crippen LogP contribution in [0.1, 0.15) is 6.42 Å². The molecule has 4 rings (SSSR count). The van der Waals surface area contributed by atoms with Crippen LogP contribution in [-0.4, -0.2) is 25.4 Å². The minimum atomic E-state index is 0.190. The molecule has 1 saturated heterocycles. The highest BCUT2D eigenvalue weighted by Gasteiger charge is 2.80. The predicted molar refractivity (Wildman–Crippen MR) is 47.2 cm³/mol. The molecule has 1 heterocycles. The Bertz CT molecular complexity index is 298. The van der Waals surface area contributed by atoms with Gasteiger partial charge in [-0.3, -0.25) is 0 Å². The summed E-state index contributed by atoms with van der Waals surface area (Å²) in [6.07, 6.45) is 6.50. The zero-order chi connectivity index (χ0) is 8.63. The van der Waals surface area contributed by atoms with E-state index in [1.807, 2.05) is 7.11 Å². The van der Waals surface area contributed by atoms with Crippen molar-refractivity contribution < 1.29 is 9.47 Å². The molecule has 13 heavy (non-hydrogen) atoms. The molecule has 70 valence electrons. The first-order valence-electron chi connectivity index (χ1n) is 5.24. The molecule has 4 aliphatic rings. The molecule has 2 heteroatoms. The van der Waals surface area contributed by atoms with Crippen molar-refractivity contribution in [3.05, 3.63) is 12.2 Å². The van der Waals surface area contributed by atoms with Crippen LogP contribution in [-0.2, 0) is 9.47 Å². The number of rotatable bonds is 1. The van der Waals surface area contributed by atoms with Gasteiger partial charge in [0.25, 0.3) is 0 Å². The summed E-state index contributed by atoms with van der Waals surface area (Å²) >= 11 is 0. The van der Waals surface area contributed by atoms with Crippen LogP contribution in [0.4, 0.5) is 0 Å². The van der Waals surface area contributed by atoms with Gasteiger partial charge in [-0.1, -0.05) is 12.2 Å². The van der Waals surface area contributed by atoms with Gasteiger partial charge in [0.15, 0.2) is 0 Å². The fraction of sp³-hybridized carbons (Fsp3) is 0.818. The van der Waals surface area contributed by atoms with Gasteiger partial charge in [-0.05, 0) is 12.3 Å². The lowest BCUT2D eigenvalue weighted by atomic mass is 9.89. The first kappa shape index (κ1) is 7.02. The summed E-state index contributed by atoms with van der Waals surface area (Å²) in [5, 5.41) is 0. The SMILES string of the molecule is COC12[C@H]3[C@H]4OCC[C@H]4[C@@H]1C=C[C@H]32. The summed E-state index contributed by atoms with van der Waals surface area (Å²) in [5.74, 6) is 2.81. The molecule has 2 saturated carbocycles. The van der Waals surface area contributed by atoms with Gasteiger partial charge in [-0.25, -0.2) is 0 Å². The van der Waals surface area contributed by atoms with E-state index in [0.29, 0.717) is 23.9 Å². The number of methoxy groups -OCH3 is 1. The van der Waals surface area contributed by atoms with Gasteiger partial charge in [0, 0.05) is 31.5 Å². The van der Waals surface area contributed by atoms with Crippen molar-refractivity contribution in [2.75, 3.05) is 13.7 Å². The lowest BCUT2D eigenvalue weighted by Crippen LogP contribution is -2.25. The summed E-state index contributed by atoms with van der Waals surface area (Å²) in [6, 6.07) is 0. The second-order valence-corrected chi connectivity index (χ2v) is 4.81. The van der Waals surface area contributed by atoms with Gasteiger partial charge in [0.2, 0.25) is 0 Å². The maximum absolute atomic E-state index is 5.82. The fourth-order valence-electron chi connectivity index (χ4n) is 4.27. The van der Waals surface area contributed by atoms with Crippen LogP contribution in [0.25, 0.3) is 0 Å². The largest absolute Gasteiger partial charge is 0.377 e. The fourth-order valence-corrected chi connectivity index (χ4v) is 4.27. The van der Waals surface area contributed by atoms with Gasteiger partial charge >= 0.3 is 0 Å². The van der Waals surface area contributed by atoms with Crippen LogP contribution in [0.3, 0.4) is 0 Å². The van der Waals surface area contributed by atoms with Crippen molar-refractivity contribution >= 4 is 0 Å². The maximum atomic E-state index is 5.82. The number of hydrogen-bond acceptors (Lipinski definition) is 2. The minimum Gasteiger partial charge on any atom is -0.377 e. The molecular weight excluding hydrogens is 164 g/mol. The van der Waals surface area contributed by atoms with Crippen molar-refractivity contribution in [2.45, 2.75) is 18.1 Å². The van der Waals surface area contributed by atoms with Crippen LogP contribution in [0.15, 0.2) is 12.2 Å². The summed E-state index contributed by atoms with van der Waals surface area (Å²) in [7, 11) is 1.87. The Morgan fingerprint density at radius 2 is 2.23 bits per heavy atom. The molecule has 3 fully saturated rings. The number of fused-ring (bicyclic) bond motifs is 4. The highest BCUT2D eigenvalue weighted by molar-refractivity contribution is 5.40. The molecule has 0 aromatic rings. The zero-order valence-corrected chi connectivity index (χ0v) is 7.77. The molecule has 1 aliphatic heterocycles. The lowest BCUT2D eigenvalue weighted by Gasteiger charge is -2.21. The lowest BCUT2D eigenvalue weighted by molar-refractivity contribution is 0.0333. The third kappa shape index (κ3) is 0.522. The van der Waals surface area contributed by atoms with Gasteiger partial charge in [-0.15, -0.1) is 0 Å². The Kier molecular flexibility index (Phi) is 1.01. The van der Waals surface area contributed by atoms with Crippen LogP contribution >= 0.6 is 0 Å². The molecular formula is C11H14O2. The van der Waals surface area contributed by atoms with Gasteiger partial charge in [0.1, 0.15) is 0 Å². The summed E-state index contributed by atoms with van der Waals surface area (Å²) in [4.78, 5) is 0. The van der Waals surface area contributed by atoms with E-state index < -0.39 is 0 Å². The van der Waals surface area contributed by atoms with E-state index in [1.54, 1.807) is 0 Å². The van der Waals surface area contributed by atoms with Crippen LogP contribution in [0.5, 0.6) is 0 Å². The predicted octanol–water partition coefficient (Wildman–Crippen LogP) is 1.22. The van der Waals surface area contributed by atoms with Crippen molar-refractivity contribution in [3.8, 4) is 0 Å². The van der Waals surface area contributed by atoms with E-state index in [0.717, 1.165) is 12.5 Å². The minimum absolute atomic E-state index is 0.190. The van der Waals surface area contributed by atoms with E-state index in [4.69, 9.17) is 9.47 Å². The van der Waals surface area contributed by atoms with E-state index in [-0.39, 0.29) is 5.60 Å². The Labute approximate surface area is 77.9 Å². The van der Waals surface area contributed by atoms with Crippen molar-refractivity contribution in [1.82, 2.24) is 0 Å². The maximum Gasteiger partial charge on any atom is 0.0871 e. The van der Waals surface area contributed by atoms with Crippen LogP contribution < -0.4 is 0 Å². The van der Waals surface area contributed by atoms with Crippen molar-refractivity contribution in [2.24, 2.45) is 23.7 Å². The Morgan fingerprint density at radius 1 is 1.38 bits per heavy atom. The summed E-state index contributed by atoms with van der Waals surface area (Å²) < 4.78 is 11.6. The molecule has 0 aromatic carbocycles. The van der Waals surface area contributed by atoms with Crippen molar-refractivity contribution in [3.63, 3.8) is 0 Å². The zero-order valence-electron chi connectivity index (χ0n) is 7.77. The third-order valence-corrected chi connectivity index (χ3v) is 4.72. The van der Waals surface area contributed by atoms with Gasteiger partial charge in [0.05, 0.1) is 11.7 Å². The highest BCUT2D eigenvalue weighted by Crippen LogP contribution is 2.73. The van der Waals surface area contributed by atoms with Crippen molar-refractivity contribution in [1.29, 1.82) is 0 Å². The molecule has 6 atom stereocenters. The average molecular weight is 178 g/mol. The number of hydrogen-bond donors (Lipinski definition) is 0. The van der Waals surface area contributed by atoms with E-state index >= 15 is 0 Å². The second-order valence-electron chi connectivity index (χ2n) is 4.81. The third-order valence-electron chi connectivity index (χ3n) is 4.72. The molecule has 2 nitrogen and oxygen atoms in total. The van der Waals surface area contributed by atoms with Crippen LogP contribution in [0, 0.1) is 23.7 Å². The van der Waals surface area contributed by atoms with E-state index in [2.05, 4.69) is 12.2 Å².